The Morgan fingerprint density at radius 2 is 2.50 bits per heavy atom. The van der Waals surface area contributed by atoms with Gasteiger partial charge in [-0.15, -0.1) is 0 Å². The summed E-state index contributed by atoms with van der Waals surface area (Å²) in [6.45, 7) is 0. The minimum absolute atomic E-state index is 0.432. The zero-order valence-electron chi connectivity index (χ0n) is 4.98. The summed E-state index contributed by atoms with van der Waals surface area (Å²) in [5.74, 6) is 0.432. The van der Waals surface area contributed by atoms with Gasteiger partial charge in [0.1, 0.15) is 5.69 Å². The molecule has 0 unspecified atom stereocenters. The summed E-state index contributed by atoms with van der Waals surface area (Å²) in [5, 5.41) is 9.92. The van der Waals surface area contributed by atoms with Gasteiger partial charge >= 0.3 is 0 Å². The summed E-state index contributed by atoms with van der Waals surface area (Å²) >= 11 is 0. The minimum Gasteiger partial charge on any atom is -0.332 e. The molecule has 0 aromatic carbocycles. The van der Waals surface area contributed by atoms with Crippen LogP contribution >= 0.6 is 0 Å². The molecule has 5 nitrogen and oxygen atoms in total. The summed E-state index contributed by atoms with van der Waals surface area (Å²) in [6.07, 6.45) is 3.03. The fourth-order valence-electron chi connectivity index (χ4n) is 0.665. The standard InChI is InChI=1S/C5H4N4O/c1-2-7-9-4(1)5-6-3-8-10-5/h1-3H,(H,7,9). The molecule has 0 fully saturated rings. The molecule has 2 aromatic rings. The number of nitrogens with zero attached hydrogens (tertiary/aromatic N) is 3. The maximum Gasteiger partial charge on any atom is 0.278 e. The molecule has 0 saturated carbocycles. The lowest BCUT2D eigenvalue weighted by Crippen LogP contribution is -1.75. The molecule has 0 spiro atoms. The van der Waals surface area contributed by atoms with Gasteiger partial charge in [-0.05, 0) is 6.07 Å². The van der Waals surface area contributed by atoms with Crippen LogP contribution in [0.1, 0.15) is 0 Å². The second-order valence-electron chi connectivity index (χ2n) is 1.71. The van der Waals surface area contributed by atoms with Crippen molar-refractivity contribution in [2.45, 2.75) is 0 Å². The quantitative estimate of drug-likeness (QED) is 0.618. The van der Waals surface area contributed by atoms with Crippen LogP contribution in [0, 0.1) is 0 Å². The van der Waals surface area contributed by atoms with Crippen molar-refractivity contribution in [2.24, 2.45) is 0 Å². The fourth-order valence-corrected chi connectivity index (χ4v) is 0.665. The summed E-state index contributed by atoms with van der Waals surface area (Å²) in [4.78, 5) is 3.80. The topological polar surface area (TPSA) is 67.6 Å². The number of hydrogen-bond donors (Lipinski definition) is 1. The Labute approximate surface area is 56.1 Å². The van der Waals surface area contributed by atoms with Gasteiger partial charge in [0.2, 0.25) is 0 Å². The molecule has 2 aromatic heterocycles. The number of nitrogens with one attached hydrogen (secondary N) is 1. The molecule has 2 heterocycles. The van der Waals surface area contributed by atoms with Crippen molar-refractivity contribution in [1.29, 1.82) is 0 Å². The Kier molecular flexibility index (Phi) is 1.00. The van der Waals surface area contributed by atoms with Gasteiger partial charge in [-0.1, -0.05) is 5.16 Å². The molecule has 50 valence electrons. The molecule has 0 aliphatic carbocycles. The van der Waals surface area contributed by atoms with Gasteiger partial charge in [-0.25, -0.2) is 0 Å². The molecule has 2 rings (SSSR count). The first-order valence-electron chi connectivity index (χ1n) is 2.73. The SMILES string of the molecule is c1noc(-c2cc[nH]n2)n1. The van der Waals surface area contributed by atoms with E-state index in [0.29, 0.717) is 11.6 Å². The molecule has 0 saturated heterocycles. The van der Waals surface area contributed by atoms with Crippen LogP contribution in [0.15, 0.2) is 23.1 Å². The van der Waals surface area contributed by atoms with Crippen molar-refractivity contribution in [1.82, 2.24) is 20.3 Å². The first-order chi connectivity index (χ1) is 4.97. The number of rotatable bonds is 1. The average Bonchev–Trinajstić information content (AvgIpc) is 2.59. The van der Waals surface area contributed by atoms with Crippen molar-refractivity contribution < 1.29 is 4.52 Å². The summed E-state index contributed by atoms with van der Waals surface area (Å²) in [6, 6.07) is 1.76. The molecule has 0 radical (unpaired) electrons. The van der Waals surface area contributed by atoms with Gasteiger partial charge < -0.3 is 4.52 Å². The number of aromatic amines is 1. The van der Waals surface area contributed by atoms with Crippen LogP contribution in [-0.4, -0.2) is 20.3 Å². The summed E-state index contributed by atoms with van der Waals surface area (Å²) in [7, 11) is 0. The molecular weight excluding hydrogens is 132 g/mol. The number of aromatic nitrogens is 4. The zero-order chi connectivity index (χ0) is 6.81. The Bertz CT molecular complexity index is 253. The predicted molar refractivity (Wildman–Crippen MR) is 31.9 cm³/mol. The highest BCUT2D eigenvalue weighted by molar-refractivity contribution is 5.43. The highest BCUT2D eigenvalue weighted by Crippen LogP contribution is 2.09. The Morgan fingerprint density at radius 1 is 1.50 bits per heavy atom. The Hall–Kier alpha value is -1.65. The van der Waals surface area contributed by atoms with E-state index in [0.717, 1.165) is 0 Å². The van der Waals surface area contributed by atoms with Crippen LogP contribution in [-0.2, 0) is 0 Å². The molecule has 0 atom stereocenters. The van der Waals surface area contributed by atoms with E-state index in [2.05, 4.69) is 20.3 Å². The number of H-pyrrole nitrogens is 1. The van der Waals surface area contributed by atoms with Crippen molar-refractivity contribution >= 4 is 0 Å². The van der Waals surface area contributed by atoms with Crippen molar-refractivity contribution in [3.63, 3.8) is 0 Å². The largest absolute Gasteiger partial charge is 0.332 e. The molecule has 0 amide bonds. The van der Waals surface area contributed by atoms with Crippen LogP contribution in [0.3, 0.4) is 0 Å². The smallest absolute Gasteiger partial charge is 0.278 e. The maximum absolute atomic E-state index is 4.73. The third kappa shape index (κ3) is 0.680. The van der Waals surface area contributed by atoms with E-state index in [9.17, 15) is 0 Å². The molecule has 0 bridgehead atoms. The van der Waals surface area contributed by atoms with Crippen molar-refractivity contribution in [3.8, 4) is 11.6 Å². The third-order valence-corrected chi connectivity index (χ3v) is 1.08. The molecule has 1 N–H and O–H groups in total. The Morgan fingerprint density at radius 3 is 3.10 bits per heavy atom. The first-order valence-corrected chi connectivity index (χ1v) is 2.73. The predicted octanol–water partition coefficient (Wildman–Crippen LogP) is 0.460. The summed E-state index contributed by atoms with van der Waals surface area (Å²) in [5.41, 5.74) is 0.664. The minimum atomic E-state index is 0.432. The van der Waals surface area contributed by atoms with Crippen molar-refractivity contribution in [3.05, 3.63) is 18.6 Å². The highest BCUT2D eigenvalue weighted by Gasteiger charge is 2.03. The van der Waals surface area contributed by atoms with E-state index >= 15 is 0 Å². The second kappa shape index (κ2) is 1.94. The normalized spacial score (nSPS) is 10.0. The van der Waals surface area contributed by atoms with Gasteiger partial charge in [0.15, 0.2) is 6.33 Å². The lowest BCUT2D eigenvalue weighted by molar-refractivity contribution is 0.428. The lowest BCUT2D eigenvalue weighted by atomic mass is 10.4. The van der Waals surface area contributed by atoms with E-state index < -0.39 is 0 Å². The van der Waals surface area contributed by atoms with Gasteiger partial charge in [-0.2, -0.15) is 10.1 Å². The maximum atomic E-state index is 4.73. The average molecular weight is 136 g/mol. The third-order valence-electron chi connectivity index (χ3n) is 1.08. The van der Waals surface area contributed by atoms with Gasteiger partial charge in [0.25, 0.3) is 5.89 Å². The van der Waals surface area contributed by atoms with Crippen LogP contribution in [0.5, 0.6) is 0 Å². The second-order valence-corrected chi connectivity index (χ2v) is 1.71. The van der Waals surface area contributed by atoms with Gasteiger partial charge in [0, 0.05) is 6.20 Å². The van der Waals surface area contributed by atoms with Crippen molar-refractivity contribution in [2.75, 3.05) is 0 Å². The molecule has 0 aliphatic rings. The van der Waals surface area contributed by atoms with Gasteiger partial charge in [0.05, 0.1) is 0 Å². The van der Waals surface area contributed by atoms with Crippen LogP contribution in [0.25, 0.3) is 11.6 Å². The van der Waals surface area contributed by atoms with Crippen LogP contribution in [0.4, 0.5) is 0 Å². The molecule has 5 heteroatoms. The van der Waals surface area contributed by atoms with Crippen LogP contribution in [0.2, 0.25) is 0 Å². The highest BCUT2D eigenvalue weighted by atomic mass is 16.5. The lowest BCUT2D eigenvalue weighted by Gasteiger charge is -1.79. The number of hydrogen-bond acceptors (Lipinski definition) is 4. The van der Waals surface area contributed by atoms with Gasteiger partial charge in [-0.3, -0.25) is 5.10 Å². The molecule has 10 heavy (non-hydrogen) atoms. The van der Waals surface area contributed by atoms with E-state index in [-0.39, 0.29) is 0 Å². The zero-order valence-corrected chi connectivity index (χ0v) is 4.98. The molecule has 0 aliphatic heterocycles. The van der Waals surface area contributed by atoms with E-state index in [1.165, 1.54) is 6.33 Å². The van der Waals surface area contributed by atoms with Crippen LogP contribution < -0.4 is 0 Å². The Balaban J connectivity index is 2.48. The van der Waals surface area contributed by atoms with E-state index in [1.54, 1.807) is 12.3 Å². The van der Waals surface area contributed by atoms with E-state index in [4.69, 9.17) is 4.52 Å². The fraction of sp³-hybridized carbons (Fsp3) is 0. The monoisotopic (exact) mass is 136 g/mol. The first kappa shape index (κ1) is 5.16. The summed E-state index contributed by atoms with van der Waals surface area (Å²) < 4.78 is 4.73. The molecular formula is C5H4N4O. The van der Waals surface area contributed by atoms with E-state index in [1.807, 2.05) is 0 Å².